The molecular formula is C9H10ClN3O3S. The van der Waals surface area contributed by atoms with E-state index in [1.165, 1.54) is 6.07 Å². The van der Waals surface area contributed by atoms with E-state index in [2.05, 4.69) is 10.3 Å². The highest BCUT2D eigenvalue weighted by molar-refractivity contribution is 8.13. The number of aryl methyl sites for hydroxylation is 1. The summed E-state index contributed by atoms with van der Waals surface area (Å²) in [6.07, 6.45) is 3.42. The van der Waals surface area contributed by atoms with E-state index in [9.17, 15) is 8.42 Å². The van der Waals surface area contributed by atoms with Crippen molar-refractivity contribution in [2.24, 2.45) is 0 Å². The van der Waals surface area contributed by atoms with Gasteiger partial charge in [0.05, 0.1) is 11.8 Å². The zero-order chi connectivity index (χ0) is 12.5. The van der Waals surface area contributed by atoms with E-state index in [0.717, 1.165) is 12.1 Å². The van der Waals surface area contributed by atoms with Gasteiger partial charge in [-0.3, -0.25) is 4.68 Å². The molecule has 0 saturated carbocycles. The lowest BCUT2D eigenvalue weighted by atomic mass is 10.2. The van der Waals surface area contributed by atoms with Gasteiger partial charge in [0.25, 0.3) is 0 Å². The molecule has 0 aliphatic carbocycles. The molecule has 92 valence electrons. The molecule has 2 aromatic heterocycles. The quantitative estimate of drug-likeness (QED) is 0.793. The van der Waals surface area contributed by atoms with Gasteiger partial charge in [-0.1, -0.05) is 5.16 Å². The summed E-state index contributed by atoms with van der Waals surface area (Å²) >= 11 is 0. The smallest absolute Gasteiger partial charge is 0.238 e. The Morgan fingerprint density at radius 2 is 2.29 bits per heavy atom. The van der Waals surface area contributed by atoms with Crippen LogP contribution in [0.4, 0.5) is 0 Å². The van der Waals surface area contributed by atoms with Crippen molar-refractivity contribution < 1.29 is 12.9 Å². The van der Waals surface area contributed by atoms with E-state index in [4.69, 9.17) is 15.2 Å². The molecule has 2 aromatic rings. The first-order chi connectivity index (χ1) is 7.98. The third kappa shape index (κ3) is 3.07. The van der Waals surface area contributed by atoms with Gasteiger partial charge in [0.1, 0.15) is 11.4 Å². The van der Waals surface area contributed by atoms with Crippen molar-refractivity contribution in [3.05, 3.63) is 24.2 Å². The summed E-state index contributed by atoms with van der Waals surface area (Å²) in [6, 6.07) is 1.54. The minimum absolute atomic E-state index is 0.277. The molecule has 0 bridgehead atoms. The lowest BCUT2D eigenvalue weighted by Crippen LogP contribution is -1.94. The van der Waals surface area contributed by atoms with Gasteiger partial charge in [0.15, 0.2) is 5.76 Å². The topological polar surface area (TPSA) is 78.0 Å². The first-order valence-electron chi connectivity index (χ1n) is 4.88. The molecule has 0 saturated heterocycles. The molecule has 6 nitrogen and oxygen atoms in total. The van der Waals surface area contributed by atoms with Crippen molar-refractivity contribution in [2.45, 2.75) is 19.2 Å². The normalized spacial score (nSPS) is 11.9. The first-order valence-corrected chi connectivity index (χ1v) is 7.36. The highest BCUT2D eigenvalue weighted by Gasteiger charge is 2.14. The number of hydrogen-bond donors (Lipinski definition) is 0. The highest BCUT2D eigenvalue weighted by atomic mass is 35.7. The van der Waals surface area contributed by atoms with Gasteiger partial charge in [-0.15, -0.1) is 0 Å². The summed E-state index contributed by atoms with van der Waals surface area (Å²) in [5, 5.41) is 7.72. The van der Waals surface area contributed by atoms with Crippen molar-refractivity contribution in [3.8, 4) is 11.3 Å². The zero-order valence-corrected chi connectivity index (χ0v) is 10.6. The fourth-order valence-corrected chi connectivity index (χ4v) is 2.18. The fraction of sp³-hybridized carbons (Fsp3) is 0.333. The monoisotopic (exact) mass is 275 g/mol. The van der Waals surface area contributed by atoms with E-state index < -0.39 is 9.05 Å². The predicted octanol–water partition coefficient (Wildman–Crippen LogP) is 1.63. The second-order valence-electron chi connectivity index (χ2n) is 3.45. The maximum Gasteiger partial charge on any atom is 0.238 e. The maximum absolute atomic E-state index is 10.9. The van der Waals surface area contributed by atoms with Crippen molar-refractivity contribution in [1.82, 2.24) is 14.9 Å². The predicted molar refractivity (Wildman–Crippen MR) is 61.9 cm³/mol. The molecule has 17 heavy (non-hydrogen) atoms. The minimum atomic E-state index is -3.62. The SMILES string of the molecule is CCn1cc(-c2cc(CS(=O)(=O)Cl)no2)cn1. The van der Waals surface area contributed by atoms with Crippen molar-refractivity contribution in [1.29, 1.82) is 0 Å². The molecule has 0 aliphatic rings. The molecule has 0 radical (unpaired) electrons. The third-order valence-electron chi connectivity index (χ3n) is 2.12. The summed E-state index contributed by atoms with van der Waals surface area (Å²) < 4.78 is 28.5. The average Bonchev–Trinajstić information content (AvgIpc) is 2.82. The minimum Gasteiger partial charge on any atom is -0.356 e. The van der Waals surface area contributed by atoms with Crippen molar-refractivity contribution in [3.63, 3.8) is 0 Å². The molecular weight excluding hydrogens is 266 g/mol. The van der Waals surface area contributed by atoms with E-state index >= 15 is 0 Å². The molecule has 0 amide bonds. The van der Waals surface area contributed by atoms with Gasteiger partial charge < -0.3 is 4.52 Å². The van der Waals surface area contributed by atoms with Crippen LogP contribution in [0.5, 0.6) is 0 Å². The van der Waals surface area contributed by atoms with E-state index in [-0.39, 0.29) is 11.4 Å². The molecule has 0 atom stereocenters. The molecule has 0 unspecified atom stereocenters. The van der Waals surface area contributed by atoms with Gasteiger partial charge in [-0.2, -0.15) is 5.10 Å². The van der Waals surface area contributed by atoms with Gasteiger partial charge in [-0.05, 0) is 6.92 Å². The average molecular weight is 276 g/mol. The Morgan fingerprint density at radius 3 is 2.88 bits per heavy atom. The van der Waals surface area contributed by atoms with Gasteiger partial charge >= 0.3 is 0 Å². The van der Waals surface area contributed by atoms with Crippen LogP contribution in [0.3, 0.4) is 0 Å². The zero-order valence-electron chi connectivity index (χ0n) is 9.00. The molecule has 0 spiro atoms. The summed E-state index contributed by atoms with van der Waals surface area (Å²) in [4.78, 5) is 0. The summed E-state index contributed by atoms with van der Waals surface area (Å²) in [6.45, 7) is 2.71. The lowest BCUT2D eigenvalue weighted by Gasteiger charge is -1.89. The molecule has 0 N–H and O–H groups in total. The van der Waals surface area contributed by atoms with Crippen LogP contribution in [0.1, 0.15) is 12.6 Å². The van der Waals surface area contributed by atoms with Crippen LogP contribution in [0.15, 0.2) is 23.0 Å². The van der Waals surface area contributed by atoms with Crippen LogP contribution in [-0.4, -0.2) is 23.4 Å². The second kappa shape index (κ2) is 4.50. The Hall–Kier alpha value is -1.34. The van der Waals surface area contributed by atoms with Crippen LogP contribution in [0, 0.1) is 0 Å². The third-order valence-corrected chi connectivity index (χ3v) is 3.09. The summed E-state index contributed by atoms with van der Waals surface area (Å²) in [7, 11) is 1.51. The molecule has 0 aliphatic heterocycles. The largest absolute Gasteiger partial charge is 0.356 e. The molecule has 0 aromatic carbocycles. The van der Waals surface area contributed by atoms with E-state index in [1.807, 2.05) is 6.92 Å². The Kier molecular flexibility index (Phi) is 3.21. The summed E-state index contributed by atoms with van der Waals surface area (Å²) in [5.74, 6) is 0.125. The molecule has 2 rings (SSSR count). The van der Waals surface area contributed by atoms with Crippen LogP contribution in [0.2, 0.25) is 0 Å². The lowest BCUT2D eigenvalue weighted by molar-refractivity contribution is 0.426. The van der Waals surface area contributed by atoms with Gasteiger partial charge in [0, 0.05) is 29.5 Å². The highest BCUT2D eigenvalue weighted by Crippen LogP contribution is 2.21. The van der Waals surface area contributed by atoms with Crippen LogP contribution in [-0.2, 0) is 21.3 Å². The number of nitrogens with zero attached hydrogens (tertiary/aromatic N) is 3. The van der Waals surface area contributed by atoms with Gasteiger partial charge in [0.2, 0.25) is 9.05 Å². The Bertz CT molecular complexity index is 617. The Morgan fingerprint density at radius 1 is 1.53 bits per heavy atom. The Balaban J connectivity index is 2.23. The maximum atomic E-state index is 10.9. The molecule has 0 fully saturated rings. The number of aromatic nitrogens is 3. The van der Waals surface area contributed by atoms with Gasteiger partial charge in [-0.25, -0.2) is 8.42 Å². The number of halogens is 1. The van der Waals surface area contributed by atoms with Crippen molar-refractivity contribution >= 4 is 19.7 Å². The summed E-state index contributed by atoms with van der Waals surface area (Å²) in [5.41, 5.74) is 1.02. The standard InChI is InChI=1S/C9H10ClN3O3S/c1-2-13-5-7(4-11-13)9-3-8(12-16-9)6-17(10,14)15/h3-5H,2,6H2,1H3. The van der Waals surface area contributed by atoms with Crippen LogP contribution >= 0.6 is 10.7 Å². The second-order valence-corrected chi connectivity index (χ2v) is 6.23. The number of hydrogen-bond acceptors (Lipinski definition) is 5. The van der Waals surface area contributed by atoms with Crippen LogP contribution < -0.4 is 0 Å². The fourth-order valence-electron chi connectivity index (χ4n) is 1.36. The first kappa shape index (κ1) is 12.1. The molecule has 8 heteroatoms. The van der Waals surface area contributed by atoms with Crippen molar-refractivity contribution in [2.75, 3.05) is 0 Å². The van der Waals surface area contributed by atoms with E-state index in [0.29, 0.717) is 5.76 Å². The van der Waals surface area contributed by atoms with E-state index in [1.54, 1.807) is 17.1 Å². The molecule has 2 heterocycles. The van der Waals surface area contributed by atoms with Crippen LogP contribution in [0.25, 0.3) is 11.3 Å². The Labute approximate surface area is 103 Å². The number of rotatable bonds is 4.